The van der Waals surface area contributed by atoms with Gasteiger partial charge in [0.05, 0.1) is 6.54 Å². The van der Waals surface area contributed by atoms with E-state index in [-0.39, 0.29) is 31.1 Å². The molecule has 0 aromatic heterocycles. The normalized spacial score (nSPS) is 12.4. The molecule has 0 spiro atoms. The number of imide groups is 1. The Morgan fingerprint density at radius 3 is 1.05 bits per heavy atom. The van der Waals surface area contributed by atoms with Crippen LogP contribution in [-0.4, -0.2) is 44.9 Å². The second kappa shape index (κ2) is 41.4. The molecule has 0 rings (SSSR count). The summed E-state index contributed by atoms with van der Waals surface area (Å²) in [4.78, 5) is 60.8. The molecule has 336 valence electrons. The molecule has 0 radical (unpaired) electrons. The second-order valence-corrected chi connectivity index (χ2v) is 18.0. The third-order valence-corrected chi connectivity index (χ3v) is 11.8. The molecule has 0 saturated heterocycles. The van der Waals surface area contributed by atoms with Crippen molar-refractivity contribution in [2.24, 2.45) is 0 Å². The molecule has 8 nitrogen and oxygen atoms in total. The van der Waals surface area contributed by atoms with Gasteiger partial charge in [-0.3, -0.25) is 23.8 Å². The fourth-order valence-electron chi connectivity index (χ4n) is 7.55. The molecule has 0 fully saturated rings. The van der Waals surface area contributed by atoms with E-state index in [1.54, 1.807) is 0 Å². The molecular weight excluding hydrogens is 734 g/mol. The predicted octanol–water partition coefficient (Wildman–Crippen LogP) is 14.8. The number of carbonyl (C=O) groups excluding carboxylic acids is 3. The number of unbranched alkanes of at least 4 members (excludes halogenated alkanes) is 31. The molecular formula is C48H92NO7P. The van der Waals surface area contributed by atoms with Gasteiger partial charge >= 0.3 is 7.82 Å². The molecule has 0 aliphatic heterocycles. The number of phosphoric acid groups is 1. The van der Waals surface area contributed by atoms with Crippen molar-refractivity contribution in [1.82, 2.24) is 4.90 Å². The van der Waals surface area contributed by atoms with E-state index in [0.29, 0.717) is 19.3 Å². The predicted molar refractivity (Wildman–Crippen MR) is 240 cm³/mol. The van der Waals surface area contributed by atoms with Crippen molar-refractivity contribution >= 4 is 25.4 Å². The van der Waals surface area contributed by atoms with Crippen molar-refractivity contribution < 1.29 is 33.3 Å². The van der Waals surface area contributed by atoms with Crippen molar-refractivity contribution in [2.45, 2.75) is 271 Å². The van der Waals surface area contributed by atoms with Crippen molar-refractivity contribution in [3.8, 4) is 0 Å². The minimum atomic E-state index is -5.04. The molecule has 0 aliphatic carbocycles. The number of phosphoric ester groups is 1. The molecule has 9 heteroatoms. The summed E-state index contributed by atoms with van der Waals surface area (Å²) in [6, 6.07) is 0. The zero-order valence-corrected chi connectivity index (χ0v) is 38.5. The fraction of sp³-hybridized carbons (Fsp3) is 0.896. The van der Waals surface area contributed by atoms with Crippen LogP contribution in [0, 0.1) is 0 Å². The number of allylic oxidation sites excluding steroid dienone is 2. The SMILES string of the molecule is CCCCCCCC/C=C\CCCCCCCC(=O)C(CN(C(=O)CCCCCCCCCCCCC)C(=O)CCCCCCCCCCCCC)OP(=O)(O)O. The highest BCUT2D eigenvalue weighted by Crippen LogP contribution is 2.38. The van der Waals surface area contributed by atoms with Crippen molar-refractivity contribution in [3.63, 3.8) is 0 Å². The Balaban J connectivity index is 4.95. The van der Waals surface area contributed by atoms with E-state index >= 15 is 0 Å². The topological polar surface area (TPSA) is 121 Å². The summed E-state index contributed by atoms with van der Waals surface area (Å²) in [5, 5.41) is 0. The van der Waals surface area contributed by atoms with Crippen molar-refractivity contribution in [2.75, 3.05) is 6.54 Å². The molecule has 1 atom stereocenters. The average molecular weight is 826 g/mol. The summed E-state index contributed by atoms with van der Waals surface area (Å²) >= 11 is 0. The summed E-state index contributed by atoms with van der Waals surface area (Å²) in [7, 11) is -5.04. The van der Waals surface area contributed by atoms with Crippen LogP contribution >= 0.6 is 7.82 Å². The summed E-state index contributed by atoms with van der Waals surface area (Å²) in [5.74, 6) is -1.23. The fourth-order valence-corrected chi connectivity index (χ4v) is 8.07. The van der Waals surface area contributed by atoms with Crippen LogP contribution in [0.15, 0.2) is 12.2 Å². The zero-order chi connectivity index (χ0) is 42.1. The van der Waals surface area contributed by atoms with E-state index in [2.05, 4.69) is 32.9 Å². The van der Waals surface area contributed by atoms with Crippen LogP contribution in [0.25, 0.3) is 0 Å². The minimum Gasteiger partial charge on any atom is -0.303 e. The van der Waals surface area contributed by atoms with Crippen LogP contribution in [0.5, 0.6) is 0 Å². The number of hydrogen-bond donors (Lipinski definition) is 2. The van der Waals surface area contributed by atoms with E-state index in [1.165, 1.54) is 128 Å². The summed E-state index contributed by atoms with van der Waals surface area (Å²) in [6.07, 6.45) is 43.3. The third kappa shape index (κ3) is 38.6. The molecule has 0 aromatic carbocycles. The van der Waals surface area contributed by atoms with Gasteiger partial charge in [-0.15, -0.1) is 0 Å². The lowest BCUT2D eigenvalue weighted by Gasteiger charge is -2.26. The third-order valence-electron chi connectivity index (χ3n) is 11.2. The first-order valence-corrected chi connectivity index (χ1v) is 25.9. The smallest absolute Gasteiger partial charge is 0.303 e. The van der Waals surface area contributed by atoms with Crippen LogP contribution in [0.1, 0.15) is 265 Å². The summed E-state index contributed by atoms with van der Waals surface area (Å²) < 4.78 is 17.0. The van der Waals surface area contributed by atoms with Gasteiger partial charge in [0.2, 0.25) is 11.8 Å². The number of hydrogen-bond acceptors (Lipinski definition) is 5. The van der Waals surface area contributed by atoms with Crippen LogP contribution in [0.4, 0.5) is 0 Å². The molecule has 0 aromatic rings. The Morgan fingerprint density at radius 1 is 0.456 bits per heavy atom. The van der Waals surface area contributed by atoms with E-state index in [0.717, 1.165) is 81.9 Å². The highest BCUT2D eigenvalue weighted by Gasteiger charge is 2.33. The first-order valence-electron chi connectivity index (χ1n) is 24.4. The number of rotatable bonds is 44. The summed E-state index contributed by atoms with van der Waals surface area (Å²) in [5.41, 5.74) is 0. The van der Waals surface area contributed by atoms with Crippen molar-refractivity contribution in [3.05, 3.63) is 12.2 Å². The van der Waals surface area contributed by atoms with Gasteiger partial charge in [0.15, 0.2) is 5.78 Å². The van der Waals surface area contributed by atoms with Gasteiger partial charge in [-0.2, -0.15) is 0 Å². The standard InChI is InChI=1S/C48H92NO7P/c1-4-7-10-13-16-19-22-23-24-25-28-29-32-35-38-41-45(50)46(56-57(53,54)55)44-49(47(51)42-39-36-33-30-26-20-17-14-11-8-5-2)48(52)43-40-37-34-31-27-21-18-15-12-9-6-3/h23-24,46H,4-22,25-44H2,1-3H3,(H2,53,54,55)/b24-23-. The molecule has 0 bridgehead atoms. The Morgan fingerprint density at radius 2 is 0.737 bits per heavy atom. The van der Waals surface area contributed by atoms with E-state index in [1.807, 2.05) is 0 Å². The molecule has 57 heavy (non-hydrogen) atoms. The first-order chi connectivity index (χ1) is 27.7. The highest BCUT2D eigenvalue weighted by atomic mass is 31.2. The Kier molecular flexibility index (Phi) is 40.4. The van der Waals surface area contributed by atoms with Gasteiger partial charge in [0.1, 0.15) is 6.10 Å². The minimum absolute atomic E-state index is 0.0935. The quantitative estimate of drug-likeness (QED) is 0.0356. The van der Waals surface area contributed by atoms with E-state index in [9.17, 15) is 28.7 Å². The van der Waals surface area contributed by atoms with Gasteiger partial charge in [-0.1, -0.05) is 213 Å². The molecule has 2 N–H and O–H groups in total. The lowest BCUT2D eigenvalue weighted by molar-refractivity contribution is -0.147. The van der Waals surface area contributed by atoms with Crippen LogP contribution in [-0.2, 0) is 23.5 Å². The maximum Gasteiger partial charge on any atom is 0.470 e. The van der Waals surface area contributed by atoms with Crippen molar-refractivity contribution in [1.29, 1.82) is 0 Å². The molecule has 0 heterocycles. The van der Waals surface area contributed by atoms with Crippen LogP contribution in [0.3, 0.4) is 0 Å². The first kappa shape index (κ1) is 55.7. The van der Waals surface area contributed by atoms with E-state index < -0.39 is 26.3 Å². The second-order valence-electron chi connectivity index (χ2n) is 16.9. The monoisotopic (exact) mass is 826 g/mol. The zero-order valence-electron chi connectivity index (χ0n) is 37.6. The Bertz CT molecular complexity index is 975. The van der Waals surface area contributed by atoms with E-state index in [4.69, 9.17) is 4.52 Å². The Hall–Kier alpha value is -1.34. The van der Waals surface area contributed by atoms with Crippen LogP contribution < -0.4 is 0 Å². The molecule has 0 aliphatic rings. The van der Waals surface area contributed by atoms with Gasteiger partial charge in [-0.05, 0) is 44.9 Å². The van der Waals surface area contributed by atoms with Gasteiger partial charge in [-0.25, -0.2) is 4.57 Å². The molecule has 0 saturated carbocycles. The molecule has 1 unspecified atom stereocenters. The molecule has 2 amide bonds. The Labute approximate surface area is 352 Å². The highest BCUT2D eigenvalue weighted by molar-refractivity contribution is 7.46. The maximum absolute atomic E-state index is 13.5. The van der Waals surface area contributed by atoms with Crippen LogP contribution in [0.2, 0.25) is 0 Å². The number of amides is 2. The number of ketones is 1. The lowest BCUT2D eigenvalue weighted by Crippen LogP contribution is -2.45. The lowest BCUT2D eigenvalue weighted by atomic mass is 10.0. The maximum atomic E-state index is 13.5. The van der Waals surface area contributed by atoms with Gasteiger partial charge in [0.25, 0.3) is 0 Å². The van der Waals surface area contributed by atoms with Gasteiger partial charge < -0.3 is 9.79 Å². The number of carbonyl (C=O) groups is 3. The average Bonchev–Trinajstić information content (AvgIpc) is 3.18. The number of Topliss-reactive ketones (excluding diaryl/α,β-unsaturated/α-hetero) is 1. The van der Waals surface area contributed by atoms with Gasteiger partial charge in [0, 0.05) is 19.3 Å². The largest absolute Gasteiger partial charge is 0.470 e. The summed E-state index contributed by atoms with van der Waals surface area (Å²) in [6.45, 7) is 6.26. The number of nitrogens with zero attached hydrogens (tertiary/aromatic N) is 1.